The van der Waals surface area contributed by atoms with Gasteiger partial charge in [0.25, 0.3) is 11.5 Å². The predicted octanol–water partition coefficient (Wildman–Crippen LogP) is -0.450. The van der Waals surface area contributed by atoms with Crippen molar-refractivity contribution in [2.45, 2.75) is 6.42 Å². The van der Waals surface area contributed by atoms with Crippen molar-refractivity contribution >= 4 is 15.7 Å². The molecule has 0 bridgehead atoms. The minimum absolute atomic E-state index is 0.0273. The molecule has 0 aromatic carbocycles. The molecule has 1 fully saturated rings. The lowest BCUT2D eigenvalue weighted by Crippen LogP contribution is -2.31. The number of carbonyl (C=O) groups is 1. The summed E-state index contributed by atoms with van der Waals surface area (Å²) >= 11 is 0. The Bertz CT molecular complexity index is 648. The lowest BCUT2D eigenvalue weighted by atomic mass is 10.1. The van der Waals surface area contributed by atoms with E-state index in [9.17, 15) is 18.0 Å². The van der Waals surface area contributed by atoms with Crippen LogP contribution in [0.25, 0.3) is 0 Å². The average molecular weight is 284 g/mol. The van der Waals surface area contributed by atoms with Gasteiger partial charge in [0.1, 0.15) is 0 Å². The van der Waals surface area contributed by atoms with E-state index in [0.29, 0.717) is 18.5 Å². The Morgan fingerprint density at radius 1 is 1.53 bits per heavy atom. The summed E-state index contributed by atoms with van der Waals surface area (Å²) in [4.78, 5) is 23.2. The van der Waals surface area contributed by atoms with Gasteiger partial charge in [0.05, 0.1) is 11.5 Å². The number of amides is 1. The highest BCUT2D eigenvalue weighted by molar-refractivity contribution is 7.91. The second-order valence-corrected chi connectivity index (χ2v) is 7.07. The quantitative estimate of drug-likeness (QED) is 0.814. The Labute approximate surface area is 111 Å². The van der Waals surface area contributed by atoms with Gasteiger partial charge in [0.15, 0.2) is 9.84 Å². The van der Waals surface area contributed by atoms with Gasteiger partial charge in [-0.1, -0.05) is 0 Å². The van der Waals surface area contributed by atoms with Gasteiger partial charge in [-0.05, 0) is 18.4 Å². The zero-order valence-corrected chi connectivity index (χ0v) is 11.4. The molecule has 0 saturated carbocycles. The van der Waals surface area contributed by atoms with E-state index in [-0.39, 0.29) is 28.9 Å². The van der Waals surface area contributed by atoms with Crippen LogP contribution in [0.15, 0.2) is 23.1 Å². The first kappa shape index (κ1) is 13.8. The number of hydrogen-bond acceptors (Lipinski definition) is 4. The molecule has 1 aromatic heterocycles. The summed E-state index contributed by atoms with van der Waals surface area (Å²) in [6.07, 6.45) is 2.11. The molecule has 1 aliphatic heterocycles. The first-order valence-corrected chi connectivity index (χ1v) is 7.85. The van der Waals surface area contributed by atoms with Crippen molar-refractivity contribution in [2.24, 2.45) is 13.0 Å². The third-order valence-corrected chi connectivity index (χ3v) is 5.08. The van der Waals surface area contributed by atoms with Crippen LogP contribution < -0.4 is 10.9 Å². The third kappa shape index (κ3) is 3.44. The first-order chi connectivity index (χ1) is 8.87. The predicted molar refractivity (Wildman–Crippen MR) is 70.8 cm³/mol. The van der Waals surface area contributed by atoms with E-state index in [1.165, 1.54) is 16.8 Å². The fourth-order valence-corrected chi connectivity index (χ4v) is 3.92. The maximum Gasteiger partial charge on any atom is 0.251 e. The largest absolute Gasteiger partial charge is 0.352 e. The molecule has 19 heavy (non-hydrogen) atoms. The van der Waals surface area contributed by atoms with Crippen LogP contribution in [0.3, 0.4) is 0 Å². The molecule has 7 heteroatoms. The highest BCUT2D eigenvalue weighted by atomic mass is 32.2. The van der Waals surface area contributed by atoms with Crippen LogP contribution in [-0.2, 0) is 16.9 Å². The number of sulfone groups is 1. The fourth-order valence-electron chi connectivity index (χ4n) is 2.06. The Hall–Kier alpha value is -1.63. The Kier molecular flexibility index (Phi) is 3.75. The van der Waals surface area contributed by atoms with Crippen molar-refractivity contribution in [1.29, 1.82) is 0 Å². The molecular formula is C12H16N2O4S. The number of hydrogen-bond donors (Lipinski definition) is 1. The van der Waals surface area contributed by atoms with Crippen LogP contribution in [0, 0.1) is 5.92 Å². The molecule has 0 radical (unpaired) electrons. The van der Waals surface area contributed by atoms with Crippen molar-refractivity contribution in [3.63, 3.8) is 0 Å². The van der Waals surface area contributed by atoms with Gasteiger partial charge in [-0.3, -0.25) is 9.59 Å². The highest BCUT2D eigenvalue weighted by Crippen LogP contribution is 2.17. The molecule has 1 amide bonds. The molecular weight excluding hydrogens is 268 g/mol. The number of carbonyl (C=O) groups excluding carboxylic acids is 1. The monoisotopic (exact) mass is 284 g/mol. The van der Waals surface area contributed by atoms with Crippen LogP contribution >= 0.6 is 0 Å². The minimum Gasteiger partial charge on any atom is -0.352 e. The molecule has 1 atom stereocenters. The summed E-state index contributed by atoms with van der Waals surface area (Å²) < 4.78 is 23.9. The van der Waals surface area contributed by atoms with Crippen molar-refractivity contribution in [3.8, 4) is 0 Å². The van der Waals surface area contributed by atoms with Crippen molar-refractivity contribution in [2.75, 3.05) is 18.1 Å². The molecule has 2 rings (SSSR count). The molecule has 104 valence electrons. The van der Waals surface area contributed by atoms with Crippen molar-refractivity contribution in [3.05, 3.63) is 34.2 Å². The summed E-state index contributed by atoms with van der Waals surface area (Å²) in [5.41, 5.74) is 0.0417. The van der Waals surface area contributed by atoms with Gasteiger partial charge in [-0.15, -0.1) is 0 Å². The summed E-state index contributed by atoms with van der Waals surface area (Å²) in [5.74, 6) is -0.0500. The Balaban J connectivity index is 1.95. The van der Waals surface area contributed by atoms with E-state index in [1.807, 2.05) is 0 Å². The number of aryl methyl sites for hydroxylation is 1. The molecule has 1 aliphatic rings. The summed E-state index contributed by atoms with van der Waals surface area (Å²) in [5, 5.41) is 2.67. The molecule has 2 heterocycles. The van der Waals surface area contributed by atoms with Gasteiger partial charge >= 0.3 is 0 Å². The van der Waals surface area contributed by atoms with E-state index < -0.39 is 9.84 Å². The van der Waals surface area contributed by atoms with E-state index in [4.69, 9.17) is 0 Å². The smallest absolute Gasteiger partial charge is 0.251 e. The summed E-state index contributed by atoms with van der Waals surface area (Å²) in [6, 6.07) is 2.82. The second kappa shape index (κ2) is 5.16. The molecule has 6 nitrogen and oxygen atoms in total. The highest BCUT2D eigenvalue weighted by Gasteiger charge is 2.27. The van der Waals surface area contributed by atoms with Crippen molar-refractivity contribution in [1.82, 2.24) is 9.88 Å². The maximum atomic E-state index is 11.8. The lowest BCUT2D eigenvalue weighted by Gasteiger charge is -2.09. The summed E-state index contributed by atoms with van der Waals surface area (Å²) in [7, 11) is -1.32. The van der Waals surface area contributed by atoms with E-state index in [2.05, 4.69) is 5.32 Å². The zero-order valence-electron chi connectivity index (χ0n) is 10.6. The average Bonchev–Trinajstić information content (AvgIpc) is 2.69. The third-order valence-electron chi connectivity index (χ3n) is 3.24. The molecule has 1 unspecified atom stereocenters. The fraction of sp³-hybridized carbons (Fsp3) is 0.500. The van der Waals surface area contributed by atoms with E-state index >= 15 is 0 Å². The normalized spacial score (nSPS) is 21.2. The van der Waals surface area contributed by atoms with Crippen LogP contribution in [-0.4, -0.2) is 36.9 Å². The van der Waals surface area contributed by atoms with Gasteiger partial charge in [0.2, 0.25) is 0 Å². The van der Waals surface area contributed by atoms with Crippen molar-refractivity contribution < 1.29 is 13.2 Å². The van der Waals surface area contributed by atoms with Gasteiger partial charge < -0.3 is 9.88 Å². The van der Waals surface area contributed by atoms with Gasteiger partial charge in [-0.25, -0.2) is 8.42 Å². The topological polar surface area (TPSA) is 85.2 Å². The van der Waals surface area contributed by atoms with Crippen LogP contribution in [0.1, 0.15) is 16.8 Å². The molecule has 0 spiro atoms. The SMILES string of the molecule is Cn1ccc(C(=O)NCC2CCS(=O)(=O)C2)cc1=O. The maximum absolute atomic E-state index is 11.8. The molecule has 1 aromatic rings. The zero-order chi connectivity index (χ0) is 14.0. The molecule has 1 saturated heterocycles. The van der Waals surface area contributed by atoms with E-state index in [1.54, 1.807) is 13.1 Å². The standard InChI is InChI=1S/C12H16N2O4S/c1-14-4-2-10(6-11(14)15)12(16)13-7-9-3-5-19(17,18)8-9/h2,4,6,9H,3,5,7-8H2,1H3,(H,13,16). The first-order valence-electron chi connectivity index (χ1n) is 6.03. The van der Waals surface area contributed by atoms with E-state index in [0.717, 1.165) is 0 Å². The van der Waals surface area contributed by atoms with Gasteiger partial charge in [-0.2, -0.15) is 0 Å². The number of aromatic nitrogens is 1. The molecule has 1 N–H and O–H groups in total. The van der Waals surface area contributed by atoms with Gasteiger partial charge in [0, 0.05) is 31.4 Å². The summed E-state index contributed by atoms with van der Waals surface area (Å²) in [6.45, 7) is 0.327. The van der Waals surface area contributed by atoms with Crippen LogP contribution in [0.2, 0.25) is 0 Å². The number of nitrogens with one attached hydrogen (secondary N) is 1. The second-order valence-electron chi connectivity index (χ2n) is 4.84. The Morgan fingerprint density at radius 3 is 2.84 bits per heavy atom. The molecule has 0 aliphatic carbocycles. The van der Waals surface area contributed by atoms with Crippen LogP contribution in [0.5, 0.6) is 0 Å². The number of pyridine rings is 1. The number of nitrogens with zero attached hydrogens (tertiary/aromatic N) is 1. The minimum atomic E-state index is -2.92. The van der Waals surface area contributed by atoms with Crippen LogP contribution in [0.4, 0.5) is 0 Å². The number of rotatable bonds is 3. The Morgan fingerprint density at radius 2 is 2.26 bits per heavy atom. The lowest BCUT2D eigenvalue weighted by molar-refractivity contribution is 0.0948.